The van der Waals surface area contributed by atoms with Gasteiger partial charge in [-0.1, -0.05) is 63.2 Å². The summed E-state index contributed by atoms with van der Waals surface area (Å²) >= 11 is 0. The lowest BCUT2D eigenvalue weighted by Gasteiger charge is -2.21. The quantitative estimate of drug-likeness (QED) is 0.835. The van der Waals surface area contributed by atoms with E-state index in [2.05, 4.69) is 32.9 Å². The fourth-order valence-corrected chi connectivity index (χ4v) is 2.65. The van der Waals surface area contributed by atoms with E-state index in [1.807, 2.05) is 36.4 Å². The van der Waals surface area contributed by atoms with Crippen LogP contribution in [-0.4, -0.2) is 5.78 Å². The fraction of sp³-hybridized carbons (Fsp3) is 0.350. The van der Waals surface area contributed by atoms with E-state index in [-0.39, 0.29) is 11.2 Å². The third-order valence-electron chi connectivity index (χ3n) is 3.86. The molecule has 2 nitrogen and oxygen atoms in total. The van der Waals surface area contributed by atoms with E-state index in [0.29, 0.717) is 12.8 Å². The third kappa shape index (κ3) is 4.45. The zero-order valence-corrected chi connectivity index (χ0v) is 13.7. The molecule has 2 rings (SSSR count). The summed E-state index contributed by atoms with van der Waals surface area (Å²) in [5.74, 6) is 0.268. The van der Waals surface area contributed by atoms with Crippen LogP contribution in [0.25, 0.3) is 0 Å². The van der Waals surface area contributed by atoms with Crippen molar-refractivity contribution in [1.29, 1.82) is 0 Å². The number of carbonyl (C=O) groups is 1. The summed E-state index contributed by atoms with van der Waals surface area (Å²) in [6, 6.07) is 16.1. The highest BCUT2D eigenvalue weighted by molar-refractivity contribution is 5.81. The number of nitrogen functional groups attached to an aromatic ring is 1. The molecule has 0 radical (unpaired) electrons. The highest BCUT2D eigenvalue weighted by atomic mass is 16.1. The second kappa shape index (κ2) is 6.78. The highest BCUT2D eigenvalue weighted by Gasteiger charge is 2.16. The maximum atomic E-state index is 12.1. The van der Waals surface area contributed by atoms with Gasteiger partial charge in [-0.2, -0.15) is 0 Å². The Morgan fingerprint density at radius 2 is 1.68 bits per heavy atom. The van der Waals surface area contributed by atoms with Crippen LogP contribution < -0.4 is 5.73 Å². The lowest BCUT2D eigenvalue weighted by atomic mass is 9.85. The van der Waals surface area contributed by atoms with Crippen LogP contribution in [0.2, 0.25) is 0 Å². The number of nitrogens with two attached hydrogens (primary N) is 1. The van der Waals surface area contributed by atoms with Crippen LogP contribution in [-0.2, 0) is 23.1 Å². The van der Waals surface area contributed by atoms with Gasteiger partial charge in [0.05, 0.1) is 0 Å². The molecule has 0 unspecified atom stereocenters. The Bertz CT molecular complexity index is 639. The molecule has 0 amide bonds. The summed E-state index contributed by atoms with van der Waals surface area (Å²) in [5.41, 5.74) is 10.4. The molecule has 2 aromatic carbocycles. The number of benzene rings is 2. The molecule has 0 bridgehead atoms. The summed E-state index contributed by atoms with van der Waals surface area (Å²) in [7, 11) is 0. The second-order valence-electron chi connectivity index (χ2n) is 6.87. The van der Waals surface area contributed by atoms with Crippen molar-refractivity contribution in [3.8, 4) is 0 Å². The molecule has 0 fully saturated rings. The van der Waals surface area contributed by atoms with Crippen LogP contribution in [0.1, 0.15) is 43.9 Å². The Balaban J connectivity index is 1.94. The number of hydrogen-bond donors (Lipinski definition) is 1. The van der Waals surface area contributed by atoms with Crippen LogP contribution in [0.5, 0.6) is 0 Å². The summed E-state index contributed by atoms with van der Waals surface area (Å²) in [6.45, 7) is 6.46. The van der Waals surface area contributed by atoms with Crippen molar-refractivity contribution in [3.63, 3.8) is 0 Å². The largest absolute Gasteiger partial charge is 0.398 e. The van der Waals surface area contributed by atoms with Crippen LogP contribution in [0.4, 0.5) is 5.69 Å². The maximum Gasteiger partial charge on any atom is 0.137 e. The standard InChI is InChI=1S/C20H25NO/c1-20(2,3)18-12-10-16(14-19(18)21)9-11-17(22)13-15-7-5-4-6-8-15/h4-8,10,12,14H,9,11,13,21H2,1-3H3. The molecule has 0 aromatic heterocycles. The topological polar surface area (TPSA) is 43.1 Å². The summed E-state index contributed by atoms with van der Waals surface area (Å²) in [5, 5.41) is 0. The van der Waals surface area contributed by atoms with Gasteiger partial charge < -0.3 is 5.73 Å². The summed E-state index contributed by atoms with van der Waals surface area (Å²) in [4.78, 5) is 12.1. The van der Waals surface area contributed by atoms with E-state index in [4.69, 9.17) is 5.73 Å². The first kappa shape index (κ1) is 16.3. The highest BCUT2D eigenvalue weighted by Crippen LogP contribution is 2.28. The number of rotatable bonds is 5. The van der Waals surface area contributed by atoms with Crippen LogP contribution in [0.15, 0.2) is 48.5 Å². The van der Waals surface area contributed by atoms with Gasteiger partial charge in [0.15, 0.2) is 0 Å². The van der Waals surface area contributed by atoms with Gasteiger partial charge in [0.1, 0.15) is 5.78 Å². The molecule has 0 aliphatic heterocycles. The average molecular weight is 295 g/mol. The van der Waals surface area contributed by atoms with Gasteiger partial charge in [0, 0.05) is 18.5 Å². The maximum absolute atomic E-state index is 12.1. The fourth-order valence-electron chi connectivity index (χ4n) is 2.65. The molecule has 0 saturated heterocycles. The van der Waals surface area contributed by atoms with Gasteiger partial charge in [0.2, 0.25) is 0 Å². The van der Waals surface area contributed by atoms with Gasteiger partial charge >= 0.3 is 0 Å². The minimum atomic E-state index is 0.0474. The minimum Gasteiger partial charge on any atom is -0.398 e. The minimum absolute atomic E-state index is 0.0474. The second-order valence-corrected chi connectivity index (χ2v) is 6.87. The van der Waals surface area contributed by atoms with Crippen LogP contribution in [0.3, 0.4) is 0 Å². The first-order chi connectivity index (χ1) is 10.4. The molecule has 0 aliphatic rings. The summed E-state index contributed by atoms with van der Waals surface area (Å²) in [6.07, 6.45) is 1.82. The van der Waals surface area contributed by atoms with Gasteiger partial charge in [-0.15, -0.1) is 0 Å². The Hall–Kier alpha value is -2.09. The van der Waals surface area contributed by atoms with Crippen molar-refractivity contribution in [2.24, 2.45) is 0 Å². The van der Waals surface area contributed by atoms with Crippen molar-refractivity contribution >= 4 is 11.5 Å². The van der Waals surface area contributed by atoms with E-state index in [9.17, 15) is 4.79 Å². The molecule has 0 atom stereocenters. The van der Waals surface area contributed by atoms with Crippen LogP contribution >= 0.6 is 0 Å². The smallest absolute Gasteiger partial charge is 0.137 e. The molecule has 2 aromatic rings. The number of ketones is 1. The lowest BCUT2D eigenvalue weighted by Crippen LogP contribution is -2.14. The molecule has 0 heterocycles. The van der Waals surface area contributed by atoms with Gasteiger partial charge in [-0.25, -0.2) is 0 Å². The predicted octanol–water partition coefficient (Wildman–Crippen LogP) is 4.31. The van der Waals surface area contributed by atoms with E-state index in [0.717, 1.165) is 28.8 Å². The number of carbonyl (C=O) groups excluding carboxylic acids is 1. The Labute approximate surface area is 133 Å². The van der Waals surface area contributed by atoms with Gasteiger partial charge in [-0.05, 0) is 34.6 Å². The normalized spacial score (nSPS) is 11.4. The zero-order chi connectivity index (χ0) is 16.2. The van der Waals surface area contributed by atoms with E-state index in [1.54, 1.807) is 0 Å². The zero-order valence-electron chi connectivity index (χ0n) is 13.7. The number of Topliss-reactive ketones (excluding diaryl/α,β-unsaturated/α-hetero) is 1. The first-order valence-corrected chi connectivity index (χ1v) is 7.81. The Morgan fingerprint density at radius 3 is 2.27 bits per heavy atom. The molecular weight excluding hydrogens is 270 g/mol. The Morgan fingerprint density at radius 1 is 1.00 bits per heavy atom. The van der Waals surface area contributed by atoms with Gasteiger partial charge in [-0.3, -0.25) is 4.79 Å². The summed E-state index contributed by atoms with van der Waals surface area (Å²) < 4.78 is 0. The number of anilines is 1. The van der Waals surface area contributed by atoms with Crippen molar-refractivity contribution in [2.45, 2.75) is 45.4 Å². The average Bonchev–Trinajstić information content (AvgIpc) is 2.45. The van der Waals surface area contributed by atoms with Crippen molar-refractivity contribution in [2.75, 3.05) is 5.73 Å². The number of aryl methyl sites for hydroxylation is 1. The predicted molar refractivity (Wildman–Crippen MR) is 93.0 cm³/mol. The van der Waals surface area contributed by atoms with Crippen molar-refractivity contribution in [1.82, 2.24) is 0 Å². The molecule has 116 valence electrons. The molecule has 0 saturated carbocycles. The van der Waals surface area contributed by atoms with E-state index in [1.165, 1.54) is 0 Å². The molecule has 2 heteroatoms. The molecule has 22 heavy (non-hydrogen) atoms. The first-order valence-electron chi connectivity index (χ1n) is 7.81. The Kier molecular flexibility index (Phi) is 5.02. The SMILES string of the molecule is CC(C)(C)c1ccc(CCC(=O)Cc2ccccc2)cc1N. The molecular formula is C20H25NO. The lowest BCUT2D eigenvalue weighted by molar-refractivity contribution is -0.118. The van der Waals surface area contributed by atoms with E-state index >= 15 is 0 Å². The van der Waals surface area contributed by atoms with Crippen molar-refractivity contribution in [3.05, 3.63) is 65.2 Å². The molecule has 0 spiro atoms. The molecule has 0 aliphatic carbocycles. The monoisotopic (exact) mass is 295 g/mol. The number of hydrogen-bond acceptors (Lipinski definition) is 2. The molecule has 2 N–H and O–H groups in total. The van der Waals surface area contributed by atoms with Crippen molar-refractivity contribution < 1.29 is 4.79 Å². The van der Waals surface area contributed by atoms with E-state index < -0.39 is 0 Å². The van der Waals surface area contributed by atoms with Gasteiger partial charge in [0.25, 0.3) is 0 Å². The van der Waals surface area contributed by atoms with Crippen LogP contribution in [0, 0.1) is 0 Å². The third-order valence-corrected chi connectivity index (χ3v) is 3.86.